The maximum atomic E-state index is 12.6. The third kappa shape index (κ3) is 3.62. The molecule has 134 valence electrons. The number of methoxy groups -OCH3 is 1. The molecular weight excluding hydrogens is 358 g/mol. The molecule has 3 rings (SSSR count). The number of furan rings is 1. The molecule has 9 heteroatoms. The summed E-state index contributed by atoms with van der Waals surface area (Å²) in [4.78, 5) is 41.7. The monoisotopic (exact) mass is 373 g/mol. The molecule has 2 heterocycles. The summed E-state index contributed by atoms with van der Waals surface area (Å²) < 4.78 is 9.78. The first-order valence-corrected chi connectivity index (χ1v) is 8.11. The predicted octanol–water partition coefficient (Wildman–Crippen LogP) is 0.749. The molecule has 0 bridgehead atoms. The number of hydrogen-bond donors (Lipinski definition) is 1. The van der Waals surface area contributed by atoms with Crippen LogP contribution in [0, 0.1) is 5.92 Å². The van der Waals surface area contributed by atoms with Gasteiger partial charge in [0.05, 0.1) is 37.1 Å². The van der Waals surface area contributed by atoms with Crippen LogP contribution in [-0.2, 0) is 25.7 Å². The summed E-state index contributed by atoms with van der Waals surface area (Å²) in [7, 11) is 1.27. The first-order valence-electron chi connectivity index (χ1n) is 7.71. The minimum Gasteiger partial charge on any atom is -0.467 e. The minimum atomic E-state index is -0.687. The number of ether oxygens (including phenoxy) is 1. The van der Waals surface area contributed by atoms with E-state index in [-0.39, 0.29) is 35.6 Å². The van der Waals surface area contributed by atoms with Crippen LogP contribution in [0.3, 0.4) is 0 Å². The second kappa shape index (κ2) is 7.44. The van der Waals surface area contributed by atoms with Crippen molar-refractivity contribution in [2.75, 3.05) is 13.7 Å². The molecule has 26 heavy (non-hydrogen) atoms. The molecule has 0 spiro atoms. The average molecular weight is 373 g/mol. The van der Waals surface area contributed by atoms with Gasteiger partial charge in [0.2, 0.25) is 16.9 Å². The number of carbonyl (C=O) groups excluding carboxylic acids is 3. The van der Waals surface area contributed by atoms with E-state index < -0.39 is 11.9 Å². The second-order valence-corrected chi connectivity index (χ2v) is 5.89. The standard InChI is InChI=1S/C17H15N3O5S/c1-24-16(23)10-4-5-12-13(7-10)19-17(26)20(15(12)22)9-14(21)18-8-11-3-2-6-25-11/h2-7,12H,8-9H2,1H3,(H,18,21). The zero-order chi connectivity index (χ0) is 18.7. The van der Waals surface area contributed by atoms with E-state index in [9.17, 15) is 14.4 Å². The van der Waals surface area contributed by atoms with Gasteiger partial charge in [-0.3, -0.25) is 14.5 Å². The summed E-state index contributed by atoms with van der Waals surface area (Å²) in [5, 5.41) is 2.63. The summed E-state index contributed by atoms with van der Waals surface area (Å²) in [5.41, 5.74) is 0.637. The van der Waals surface area contributed by atoms with Crippen LogP contribution in [0.25, 0.3) is 0 Å². The summed E-state index contributed by atoms with van der Waals surface area (Å²) in [6.07, 6.45) is 6.02. The minimum absolute atomic E-state index is 0.0230. The topological polar surface area (TPSA) is 101 Å². The van der Waals surface area contributed by atoms with Crippen molar-refractivity contribution in [3.05, 3.63) is 48.0 Å². The molecule has 0 saturated carbocycles. The lowest BCUT2D eigenvalue weighted by Gasteiger charge is -2.30. The van der Waals surface area contributed by atoms with Crippen LogP contribution < -0.4 is 5.32 Å². The van der Waals surface area contributed by atoms with E-state index in [1.165, 1.54) is 25.5 Å². The summed E-state index contributed by atoms with van der Waals surface area (Å²) >= 11 is 5.14. The molecule has 1 N–H and O–H groups in total. The Morgan fingerprint density at radius 2 is 2.27 bits per heavy atom. The van der Waals surface area contributed by atoms with Gasteiger partial charge in [-0.25, -0.2) is 9.79 Å². The first kappa shape index (κ1) is 17.7. The van der Waals surface area contributed by atoms with E-state index in [0.29, 0.717) is 11.5 Å². The third-order valence-corrected chi connectivity index (χ3v) is 4.15. The van der Waals surface area contributed by atoms with Crippen LogP contribution in [0.5, 0.6) is 0 Å². The number of nitrogens with zero attached hydrogens (tertiary/aromatic N) is 2. The van der Waals surface area contributed by atoms with Gasteiger partial charge in [-0.05, 0) is 30.4 Å². The van der Waals surface area contributed by atoms with Crippen LogP contribution in [0.4, 0.5) is 0 Å². The molecule has 1 aromatic heterocycles. The molecule has 2 amide bonds. The number of esters is 1. The van der Waals surface area contributed by atoms with E-state index in [2.05, 4.69) is 15.0 Å². The van der Waals surface area contributed by atoms with Gasteiger partial charge < -0.3 is 14.5 Å². The zero-order valence-corrected chi connectivity index (χ0v) is 14.6. The number of fused-ring (bicyclic) bond motifs is 1. The molecule has 0 fully saturated rings. The van der Waals surface area contributed by atoms with Crippen LogP contribution >= 0.6 is 12.2 Å². The van der Waals surface area contributed by atoms with Gasteiger partial charge in [-0.2, -0.15) is 0 Å². The van der Waals surface area contributed by atoms with E-state index >= 15 is 0 Å². The van der Waals surface area contributed by atoms with Gasteiger partial charge in [0.1, 0.15) is 12.3 Å². The molecule has 0 saturated heterocycles. The van der Waals surface area contributed by atoms with Gasteiger partial charge in [0, 0.05) is 0 Å². The molecule has 1 unspecified atom stereocenters. The van der Waals surface area contributed by atoms with E-state index in [0.717, 1.165) is 4.90 Å². The van der Waals surface area contributed by atoms with E-state index in [4.69, 9.17) is 16.6 Å². The summed E-state index contributed by atoms with van der Waals surface area (Å²) in [6.45, 7) is -0.0310. The van der Waals surface area contributed by atoms with Crippen molar-refractivity contribution in [2.45, 2.75) is 6.54 Å². The van der Waals surface area contributed by atoms with Crippen LogP contribution in [0.1, 0.15) is 5.76 Å². The molecular formula is C17H15N3O5S. The smallest absolute Gasteiger partial charge is 0.337 e. The Morgan fingerprint density at radius 1 is 1.46 bits per heavy atom. The fraction of sp³-hybridized carbons (Fsp3) is 0.235. The Labute approximate surface area is 154 Å². The van der Waals surface area contributed by atoms with Gasteiger partial charge in [-0.15, -0.1) is 0 Å². The highest BCUT2D eigenvalue weighted by molar-refractivity contribution is 7.80. The zero-order valence-electron chi connectivity index (χ0n) is 13.8. The lowest BCUT2D eigenvalue weighted by molar-refractivity contribution is -0.135. The molecule has 1 aromatic rings. The lowest BCUT2D eigenvalue weighted by Crippen LogP contribution is -2.50. The Kier molecular flexibility index (Phi) is 5.08. The Balaban J connectivity index is 1.69. The number of allylic oxidation sites excluding steroid dienone is 1. The maximum absolute atomic E-state index is 12.6. The van der Waals surface area contributed by atoms with Crippen molar-refractivity contribution < 1.29 is 23.5 Å². The highest BCUT2D eigenvalue weighted by Crippen LogP contribution is 2.22. The van der Waals surface area contributed by atoms with Crippen molar-refractivity contribution in [1.82, 2.24) is 10.2 Å². The number of hydrogen-bond acceptors (Lipinski definition) is 6. The SMILES string of the molecule is COC(=O)C1=CC2=NC(=S)N(CC(=O)NCc3ccco3)C(=O)C2C=C1. The largest absolute Gasteiger partial charge is 0.467 e. The van der Waals surface area contributed by atoms with Crippen LogP contribution in [-0.4, -0.2) is 47.2 Å². The number of nitrogens with one attached hydrogen (secondary N) is 1. The summed E-state index contributed by atoms with van der Waals surface area (Å²) in [6, 6.07) is 3.44. The van der Waals surface area contributed by atoms with Crippen molar-refractivity contribution >= 4 is 40.8 Å². The normalized spacial score (nSPS) is 18.8. The van der Waals surface area contributed by atoms with Gasteiger partial charge >= 0.3 is 5.97 Å². The summed E-state index contributed by atoms with van der Waals surface area (Å²) in [5.74, 6) is -1.37. The Hall–Kier alpha value is -3.07. The molecule has 1 atom stereocenters. The molecule has 1 aliphatic carbocycles. The van der Waals surface area contributed by atoms with Crippen LogP contribution in [0.15, 0.2) is 51.6 Å². The Bertz CT molecular complexity index is 854. The molecule has 8 nitrogen and oxygen atoms in total. The maximum Gasteiger partial charge on any atom is 0.337 e. The van der Waals surface area contributed by atoms with Crippen LogP contribution in [0.2, 0.25) is 0 Å². The number of rotatable bonds is 5. The van der Waals surface area contributed by atoms with Crippen molar-refractivity contribution in [3.63, 3.8) is 0 Å². The molecule has 0 aromatic carbocycles. The quantitative estimate of drug-likeness (QED) is 0.604. The van der Waals surface area contributed by atoms with Gasteiger partial charge in [0.25, 0.3) is 0 Å². The fourth-order valence-electron chi connectivity index (χ4n) is 2.53. The first-order chi connectivity index (χ1) is 12.5. The fourth-order valence-corrected chi connectivity index (χ4v) is 2.79. The predicted molar refractivity (Wildman–Crippen MR) is 95.0 cm³/mol. The number of amides is 2. The van der Waals surface area contributed by atoms with Gasteiger partial charge in [0.15, 0.2) is 0 Å². The number of thiocarbonyl (C=S) groups is 1. The van der Waals surface area contributed by atoms with E-state index in [1.807, 2.05) is 0 Å². The molecule has 1 aliphatic heterocycles. The number of aliphatic imine (C=N–C) groups is 1. The van der Waals surface area contributed by atoms with Gasteiger partial charge in [-0.1, -0.05) is 12.2 Å². The second-order valence-electron chi connectivity index (χ2n) is 5.53. The molecule has 0 radical (unpaired) electrons. The average Bonchev–Trinajstić information content (AvgIpc) is 3.16. The third-order valence-electron chi connectivity index (χ3n) is 3.84. The number of carbonyl (C=O) groups is 3. The molecule has 2 aliphatic rings. The van der Waals surface area contributed by atoms with Crippen molar-refractivity contribution in [3.8, 4) is 0 Å². The van der Waals surface area contributed by atoms with E-state index in [1.54, 1.807) is 18.2 Å². The highest BCUT2D eigenvalue weighted by Gasteiger charge is 2.36. The lowest BCUT2D eigenvalue weighted by atomic mass is 9.92. The van der Waals surface area contributed by atoms with Crippen molar-refractivity contribution in [1.29, 1.82) is 0 Å². The Morgan fingerprint density at radius 3 is 2.96 bits per heavy atom. The highest BCUT2D eigenvalue weighted by atomic mass is 32.1. The van der Waals surface area contributed by atoms with Crippen molar-refractivity contribution in [2.24, 2.45) is 10.9 Å².